The van der Waals surface area contributed by atoms with E-state index in [0.29, 0.717) is 29.2 Å². The molecule has 2 heterocycles. The number of hydrogen-bond acceptors (Lipinski definition) is 7. The van der Waals surface area contributed by atoms with Crippen molar-refractivity contribution in [1.29, 1.82) is 0 Å². The van der Waals surface area contributed by atoms with Crippen LogP contribution in [0.4, 0.5) is 0 Å². The van der Waals surface area contributed by atoms with Crippen LogP contribution < -0.4 is 0 Å². The Morgan fingerprint density at radius 3 is 2.95 bits per heavy atom. The molecule has 0 spiro atoms. The maximum Gasteiger partial charge on any atom is 0.248 e. The van der Waals surface area contributed by atoms with Crippen LogP contribution in [-0.2, 0) is 12.3 Å². The Balaban J connectivity index is 1.71. The van der Waals surface area contributed by atoms with Gasteiger partial charge in [0, 0.05) is 4.47 Å². The molecule has 2 aromatic heterocycles. The summed E-state index contributed by atoms with van der Waals surface area (Å²) in [5.41, 5.74) is 0.864. The normalized spacial score (nSPS) is 10.8. The summed E-state index contributed by atoms with van der Waals surface area (Å²) < 4.78 is 8.24. The molecule has 0 saturated heterocycles. The molecule has 0 aliphatic rings. The molecule has 0 radical (unpaired) electrons. The summed E-state index contributed by atoms with van der Waals surface area (Å²) in [5, 5.41) is 20.3. The second-order valence-corrected chi connectivity index (χ2v) is 6.00. The maximum atomic E-state index is 5.68. The summed E-state index contributed by atoms with van der Waals surface area (Å²) >= 11 is 4.90. The maximum absolute atomic E-state index is 5.68. The first-order valence-corrected chi connectivity index (χ1v) is 8.13. The number of tetrazole rings is 1. The highest BCUT2D eigenvalue weighted by Gasteiger charge is 2.13. The molecule has 0 amide bonds. The number of rotatable bonds is 6. The van der Waals surface area contributed by atoms with Crippen molar-refractivity contribution in [2.75, 3.05) is 0 Å². The molecule has 0 fully saturated rings. The Labute approximate surface area is 138 Å². The van der Waals surface area contributed by atoms with Gasteiger partial charge in [-0.05, 0) is 38.5 Å². The second kappa shape index (κ2) is 6.84. The Morgan fingerprint density at radius 1 is 1.27 bits per heavy atom. The molecule has 0 atom stereocenters. The van der Waals surface area contributed by atoms with Gasteiger partial charge in [-0.3, -0.25) is 0 Å². The van der Waals surface area contributed by atoms with E-state index in [2.05, 4.69) is 48.2 Å². The van der Waals surface area contributed by atoms with E-state index in [9.17, 15) is 0 Å². The number of nitrogens with zero attached hydrogens (tertiary/aromatic N) is 6. The first-order chi connectivity index (χ1) is 10.8. The van der Waals surface area contributed by atoms with Gasteiger partial charge in [0.2, 0.25) is 16.9 Å². The van der Waals surface area contributed by atoms with E-state index in [1.54, 1.807) is 10.8 Å². The van der Waals surface area contributed by atoms with E-state index in [1.165, 1.54) is 11.8 Å². The standard InChI is InChI=1S/C13H11BrN6OS/c1-2-7-20-13(17-18-19-20)22-8-11-15-16-12(21-11)9-5-3-4-6-10(9)14/h2-6H,1,7-8H2. The minimum absolute atomic E-state index is 0.480. The van der Waals surface area contributed by atoms with Crippen molar-refractivity contribution in [2.24, 2.45) is 0 Å². The smallest absolute Gasteiger partial charge is 0.248 e. The molecule has 112 valence electrons. The monoisotopic (exact) mass is 378 g/mol. The highest BCUT2D eigenvalue weighted by atomic mass is 79.9. The molecule has 7 nitrogen and oxygen atoms in total. The lowest BCUT2D eigenvalue weighted by atomic mass is 10.2. The molecule has 3 rings (SSSR count). The molecule has 0 aliphatic carbocycles. The van der Waals surface area contributed by atoms with E-state index < -0.39 is 0 Å². The molecule has 0 bridgehead atoms. The van der Waals surface area contributed by atoms with Crippen molar-refractivity contribution < 1.29 is 4.42 Å². The third-order valence-electron chi connectivity index (χ3n) is 2.70. The Hall–Kier alpha value is -2.00. The van der Waals surface area contributed by atoms with Gasteiger partial charge in [-0.2, -0.15) is 0 Å². The zero-order valence-electron chi connectivity index (χ0n) is 11.4. The van der Waals surface area contributed by atoms with Gasteiger partial charge in [0.15, 0.2) is 0 Å². The minimum atomic E-state index is 0.480. The van der Waals surface area contributed by atoms with Gasteiger partial charge < -0.3 is 4.42 Å². The number of thioether (sulfide) groups is 1. The summed E-state index contributed by atoms with van der Waals surface area (Å²) in [6.07, 6.45) is 1.73. The van der Waals surface area contributed by atoms with Crippen LogP contribution in [0.3, 0.4) is 0 Å². The van der Waals surface area contributed by atoms with Crippen LogP contribution in [0.25, 0.3) is 11.5 Å². The van der Waals surface area contributed by atoms with Crippen LogP contribution in [0.5, 0.6) is 0 Å². The van der Waals surface area contributed by atoms with Crippen molar-refractivity contribution in [3.05, 3.63) is 47.3 Å². The largest absolute Gasteiger partial charge is 0.420 e. The predicted octanol–water partition coefficient (Wildman–Crippen LogP) is 2.96. The average Bonchev–Trinajstić information content (AvgIpc) is 3.15. The molecule has 9 heteroatoms. The average molecular weight is 379 g/mol. The summed E-state index contributed by atoms with van der Waals surface area (Å²) in [4.78, 5) is 0. The summed E-state index contributed by atoms with van der Waals surface area (Å²) in [7, 11) is 0. The molecule has 22 heavy (non-hydrogen) atoms. The first kappa shape index (κ1) is 14.9. The van der Waals surface area contributed by atoms with Crippen LogP contribution in [-0.4, -0.2) is 30.4 Å². The van der Waals surface area contributed by atoms with Crippen molar-refractivity contribution >= 4 is 27.7 Å². The zero-order valence-corrected chi connectivity index (χ0v) is 13.8. The molecule has 0 N–H and O–H groups in total. The highest BCUT2D eigenvalue weighted by Crippen LogP contribution is 2.28. The van der Waals surface area contributed by atoms with E-state index in [0.717, 1.165) is 10.0 Å². The lowest BCUT2D eigenvalue weighted by Gasteiger charge is -1.99. The third-order valence-corrected chi connectivity index (χ3v) is 4.33. The fraction of sp³-hybridized carbons (Fsp3) is 0.154. The first-order valence-electron chi connectivity index (χ1n) is 6.35. The fourth-order valence-corrected chi connectivity index (χ4v) is 2.90. The lowest BCUT2D eigenvalue weighted by Crippen LogP contribution is -1.99. The van der Waals surface area contributed by atoms with Crippen molar-refractivity contribution in [2.45, 2.75) is 17.5 Å². The topological polar surface area (TPSA) is 82.5 Å². The molecule has 3 aromatic rings. The Kier molecular flexibility index (Phi) is 4.64. The number of benzene rings is 1. The third kappa shape index (κ3) is 3.25. The van der Waals surface area contributed by atoms with Gasteiger partial charge in [0.05, 0.1) is 17.9 Å². The number of aromatic nitrogens is 6. The van der Waals surface area contributed by atoms with Gasteiger partial charge in [-0.15, -0.1) is 21.9 Å². The van der Waals surface area contributed by atoms with Crippen molar-refractivity contribution in [3.8, 4) is 11.5 Å². The van der Waals surface area contributed by atoms with Gasteiger partial charge in [-0.25, -0.2) is 4.68 Å². The Bertz CT molecular complexity index is 786. The van der Waals surface area contributed by atoms with Gasteiger partial charge in [0.25, 0.3) is 0 Å². The minimum Gasteiger partial charge on any atom is -0.420 e. The molecular weight excluding hydrogens is 368 g/mol. The van der Waals surface area contributed by atoms with E-state index in [-0.39, 0.29) is 0 Å². The zero-order chi connectivity index (χ0) is 15.4. The summed E-state index contributed by atoms with van der Waals surface area (Å²) in [6.45, 7) is 4.23. The van der Waals surface area contributed by atoms with Crippen molar-refractivity contribution in [3.63, 3.8) is 0 Å². The van der Waals surface area contributed by atoms with Gasteiger partial charge in [0.1, 0.15) is 0 Å². The Morgan fingerprint density at radius 2 is 2.14 bits per heavy atom. The van der Waals surface area contributed by atoms with Crippen LogP contribution >= 0.6 is 27.7 Å². The molecule has 1 aromatic carbocycles. The van der Waals surface area contributed by atoms with E-state index >= 15 is 0 Å². The number of halogens is 1. The summed E-state index contributed by atoms with van der Waals surface area (Å²) in [5.74, 6) is 1.49. The molecule has 0 unspecified atom stereocenters. The number of hydrogen-bond donors (Lipinski definition) is 0. The van der Waals surface area contributed by atoms with E-state index in [4.69, 9.17) is 4.42 Å². The van der Waals surface area contributed by atoms with Gasteiger partial charge >= 0.3 is 0 Å². The van der Waals surface area contributed by atoms with Gasteiger partial charge in [-0.1, -0.05) is 30.0 Å². The fourth-order valence-electron chi connectivity index (χ4n) is 1.72. The molecule has 0 aliphatic heterocycles. The van der Waals surface area contributed by atoms with Crippen LogP contribution in [0, 0.1) is 0 Å². The predicted molar refractivity (Wildman–Crippen MR) is 85.0 cm³/mol. The quantitative estimate of drug-likeness (QED) is 0.481. The molecular formula is C13H11BrN6OS. The lowest BCUT2D eigenvalue weighted by molar-refractivity contribution is 0.527. The number of allylic oxidation sites excluding steroid dienone is 1. The molecule has 0 saturated carbocycles. The highest BCUT2D eigenvalue weighted by molar-refractivity contribution is 9.10. The van der Waals surface area contributed by atoms with Crippen LogP contribution in [0.15, 0.2) is 51.0 Å². The van der Waals surface area contributed by atoms with E-state index in [1.807, 2.05) is 24.3 Å². The summed E-state index contributed by atoms with van der Waals surface area (Å²) in [6, 6.07) is 7.69. The SMILES string of the molecule is C=CCn1nnnc1SCc1nnc(-c2ccccc2Br)o1. The van der Waals surface area contributed by atoms with Crippen LogP contribution in [0.1, 0.15) is 5.89 Å². The van der Waals surface area contributed by atoms with Crippen LogP contribution in [0.2, 0.25) is 0 Å². The second-order valence-electron chi connectivity index (χ2n) is 4.20. The van der Waals surface area contributed by atoms with Crippen molar-refractivity contribution in [1.82, 2.24) is 30.4 Å².